The number of nitro groups is 1. The Hall–Kier alpha value is -2.44. The number of hydrogen-bond donors (Lipinski definition) is 2. The maximum atomic E-state index is 10.4. The molecule has 0 radical (unpaired) electrons. The van der Waals surface area contributed by atoms with Gasteiger partial charge in [-0.15, -0.1) is 0 Å². The van der Waals surface area contributed by atoms with Crippen molar-refractivity contribution in [3.63, 3.8) is 0 Å². The minimum Gasteiger partial charge on any atom is -0.375 e. The maximum Gasteiger partial charge on any atom is 0.363 e. The van der Waals surface area contributed by atoms with Crippen molar-refractivity contribution in [3.8, 4) is 0 Å². The zero-order valence-corrected chi connectivity index (χ0v) is 9.12. The smallest absolute Gasteiger partial charge is 0.363 e. The molecule has 0 aliphatic heterocycles. The Labute approximate surface area is 97.0 Å². The molecule has 0 aromatic carbocycles. The standard InChI is InChI=1S/C10H11N5O2/c1-7(8-4-12-13-5-8)14-9-2-3-10(11-6-9)15(16)17/h2-7,14H,1H3,(H,12,13). The minimum absolute atomic E-state index is 0.0528. The number of hydrogen-bond acceptors (Lipinski definition) is 5. The van der Waals surface area contributed by atoms with Crippen LogP contribution >= 0.6 is 0 Å². The van der Waals surface area contributed by atoms with Crippen molar-refractivity contribution in [1.82, 2.24) is 15.2 Å². The third-order valence-corrected chi connectivity index (χ3v) is 2.34. The molecule has 0 aliphatic rings. The Balaban J connectivity index is 2.06. The molecule has 0 spiro atoms. The second kappa shape index (κ2) is 4.60. The second-order valence-corrected chi connectivity index (χ2v) is 3.56. The third kappa shape index (κ3) is 2.57. The molecule has 0 aliphatic carbocycles. The first-order valence-corrected chi connectivity index (χ1v) is 5.02. The molecule has 0 saturated heterocycles. The maximum absolute atomic E-state index is 10.4. The van der Waals surface area contributed by atoms with Gasteiger partial charge < -0.3 is 15.4 Å². The molecule has 2 aromatic heterocycles. The third-order valence-electron chi connectivity index (χ3n) is 2.34. The van der Waals surface area contributed by atoms with Gasteiger partial charge in [0.1, 0.15) is 0 Å². The highest BCUT2D eigenvalue weighted by Gasteiger charge is 2.09. The van der Waals surface area contributed by atoms with Gasteiger partial charge in [0.25, 0.3) is 0 Å². The summed E-state index contributed by atoms with van der Waals surface area (Å²) in [7, 11) is 0. The summed E-state index contributed by atoms with van der Waals surface area (Å²) in [6, 6.07) is 3.04. The van der Waals surface area contributed by atoms with Gasteiger partial charge in [-0.2, -0.15) is 5.10 Å². The summed E-state index contributed by atoms with van der Waals surface area (Å²) < 4.78 is 0. The quantitative estimate of drug-likeness (QED) is 0.620. The molecule has 7 nitrogen and oxygen atoms in total. The molecule has 2 N–H and O–H groups in total. The van der Waals surface area contributed by atoms with Crippen molar-refractivity contribution in [2.24, 2.45) is 0 Å². The van der Waals surface area contributed by atoms with Gasteiger partial charge in [-0.1, -0.05) is 0 Å². The summed E-state index contributed by atoms with van der Waals surface area (Å²) in [5.74, 6) is -0.161. The zero-order chi connectivity index (χ0) is 12.3. The minimum atomic E-state index is -0.525. The molecule has 0 amide bonds. The van der Waals surface area contributed by atoms with E-state index < -0.39 is 4.92 Å². The number of nitrogens with zero attached hydrogens (tertiary/aromatic N) is 3. The molecular weight excluding hydrogens is 222 g/mol. The normalized spacial score (nSPS) is 12.1. The Morgan fingerprint density at radius 3 is 2.82 bits per heavy atom. The van der Waals surface area contributed by atoms with E-state index in [0.29, 0.717) is 0 Å². The van der Waals surface area contributed by atoms with E-state index in [1.54, 1.807) is 18.5 Å². The van der Waals surface area contributed by atoms with Crippen molar-refractivity contribution in [1.29, 1.82) is 0 Å². The van der Waals surface area contributed by atoms with Gasteiger partial charge in [0.2, 0.25) is 0 Å². The summed E-state index contributed by atoms with van der Waals surface area (Å²) in [5.41, 5.74) is 1.73. The van der Waals surface area contributed by atoms with E-state index in [4.69, 9.17) is 0 Å². The Morgan fingerprint density at radius 2 is 2.29 bits per heavy atom. The van der Waals surface area contributed by atoms with Crippen LogP contribution in [-0.2, 0) is 0 Å². The molecule has 1 atom stereocenters. The molecule has 0 saturated carbocycles. The summed E-state index contributed by atoms with van der Waals surface area (Å²) in [5, 5.41) is 20.2. The molecule has 17 heavy (non-hydrogen) atoms. The molecular formula is C10H11N5O2. The van der Waals surface area contributed by atoms with Crippen molar-refractivity contribution >= 4 is 11.5 Å². The molecule has 2 aromatic rings. The largest absolute Gasteiger partial charge is 0.375 e. The lowest BCUT2D eigenvalue weighted by Crippen LogP contribution is -2.06. The number of nitrogens with one attached hydrogen (secondary N) is 2. The first-order chi connectivity index (χ1) is 8.16. The number of pyridine rings is 1. The number of rotatable bonds is 4. The van der Waals surface area contributed by atoms with Gasteiger partial charge >= 0.3 is 5.82 Å². The number of aromatic nitrogens is 3. The van der Waals surface area contributed by atoms with E-state index in [1.807, 2.05) is 6.92 Å². The van der Waals surface area contributed by atoms with Gasteiger partial charge in [0, 0.05) is 17.8 Å². The molecule has 0 bridgehead atoms. The van der Waals surface area contributed by atoms with E-state index >= 15 is 0 Å². The molecule has 1 unspecified atom stereocenters. The molecule has 0 fully saturated rings. The fourth-order valence-electron chi connectivity index (χ4n) is 1.41. The highest BCUT2D eigenvalue weighted by Crippen LogP contribution is 2.18. The SMILES string of the molecule is CC(Nc1ccc([N+](=O)[O-])nc1)c1cn[nH]c1. The van der Waals surface area contributed by atoms with Crippen LogP contribution in [0.15, 0.2) is 30.7 Å². The highest BCUT2D eigenvalue weighted by atomic mass is 16.6. The van der Waals surface area contributed by atoms with Crippen LogP contribution in [0.2, 0.25) is 0 Å². The van der Waals surface area contributed by atoms with Crippen molar-refractivity contribution in [2.45, 2.75) is 13.0 Å². The molecule has 88 valence electrons. The van der Waals surface area contributed by atoms with Crippen LogP contribution in [0.3, 0.4) is 0 Å². The summed E-state index contributed by atoms with van der Waals surface area (Å²) in [6.45, 7) is 1.96. The topological polar surface area (TPSA) is 96.7 Å². The molecule has 2 heterocycles. The first kappa shape index (κ1) is 11.1. The number of H-pyrrole nitrogens is 1. The summed E-state index contributed by atoms with van der Waals surface area (Å²) in [6.07, 6.45) is 4.95. The van der Waals surface area contributed by atoms with E-state index in [9.17, 15) is 10.1 Å². The zero-order valence-electron chi connectivity index (χ0n) is 9.12. The monoisotopic (exact) mass is 233 g/mol. The van der Waals surface area contributed by atoms with Crippen LogP contribution in [0.4, 0.5) is 11.5 Å². The summed E-state index contributed by atoms with van der Waals surface area (Å²) in [4.78, 5) is 13.6. The van der Waals surface area contributed by atoms with Crippen LogP contribution in [0.5, 0.6) is 0 Å². The first-order valence-electron chi connectivity index (χ1n) is 5.02. The number of anilines is 1. The van der Waals surface area contributed by atoms with Gasteiger partial charge in [-0.05, 0) is 22.9 Å². The van der Waals surface area contributed by atoms with E-state index in [2.05, 4.69) is 20.5 Å². The lowest BCUT2D eigenvalue weighted by molar-refractivity contribution is -0.389. The van der Waals surface area contributed by atoms with Crippen LogP contribution in [-0.4, -0.2) is 20.1 Å². The van der Waals surface area contributed by atoms with Gasteiger partial charge in [-0.3, -0.25) is 5.10 Å². The van der Waals surface area contributed by atoms with Crippen LogP contribution in [0, 0.1) is 10.1 Å². The van der Waals surface area contributed by atoms with E-state index in [1.165, 1.54) is 12.3 Å². The van der Waals surface area contributed by atoms with Crippen LogP contribution in [0.25, 0.3) is 0 Å². The van der Waals surface area contributed by atoms with Gasteiger partial charge in [-0.25, -0.2) is 0 Å². The lowest BCUT2D eigenvalue weighted by Gasteiger charge is -2.11. The summed E-state index contributed by atoms with van der Waals surface area (Å²) >= 11 is 0. The lowest BCUT2D eigenvalue weighted by atomic mass is 10.2. The average Bonchev–Trinajstić information content (AvgIpc) is 2.83. The Morgan fingerprint density at radius 1 is 1.47 bits per heavy atom. The fraction of sp³-hybridized carbons (Fsp3) is 0.200. The average molecular weight is 233 g/mol. The molecule has 7 heteroatoms. The van der Waals surface area contributed by atoms with Crippen LogP contribution in [0.1, 0.15) is 18.5 Å². The van der Waals surface area contributed by atoms with Crippen molar-refractivity contribution in [2.75, 3.05) is 5.32 Å². The Bertz CT molecular complexity index is 494. The molecule has 2 rings (SSSR count). The van der Waals surface area contributed by atoms with Crippen LogP contribution < -0.4 is 5.32 Å². The predicted molar refractivity (Wildman–Crippen MR) is 61.5 cm³/mol. The van der Waals surface area contributed by atoms with Gasteiger partial charge in [0.15, 0.2) is 6.20 Å². The van der Waals surface area contributed by atoms with Crippen molar-refractivity contribution < 1.29 is 4.92 Å². The highest BCUT2D eigenvalue weighted by molar-refractivity contribution is 5.45. The Kier molecular flexibility index (Phi) is 2.99. The second-order valence-electron chi connectivity index (χ2n) is 3.56. The number of aromatic amines is 1. The van der Waals surface area contributed by atoms with E-state index in [0.717, 1.165) is 11.3 Å². The van der Waals surface area contributed by atoms with Gasteiger partial charge in [0.05, 0.1) is 17.9 Å². The van der Waals surface area contributed by atoms with E-state index in [-0.39, 0.29) is 11.9 Å². The van der Waals surface area contributed by atoms with Crippen molar-refractivity contribution in [3.05, 3.63) is 46.4 Å². The predicted octanol–water partition coefficient (Wildman–Crippen LogP) is 1.89. The fourth-order valence-corrected chi connectivity index (χ4v) is 1.41.